The Kier molecular flexibility index (Phi) is 4.79. The van der Waals surface area contributed by atoms with Crippen molar-refractivity contribution in [2.24, 2.45) is 11.3 Å². The minimum atomic E-state index is -0.965. The van der Waals surface area contributed by atoms with Gasteiger partial charge in [0.25, 0.3) is 0 Å². The summed E-state index contributed by atoms with van der Waals surface area (Å²) in [4.78, 5) is 25.9. The highest BCUT2D eigenvalue weighted by atomic mass is 16.4. The summed E-state index contributed by atoms with van der Waals surface area (Å²) in [5.74, 6) is -0.357. The number of hydrogen-bond donors (Lipinski definition) is 2. The molecular formula is C16H28N2O3. The predicted octanol–water partition coefficient (Wildman–Crippen LogP) is 2.85. The molecule has 5 nitrogen and oxygen atoms in total. The van der Waals surface area contributed by atoms with Gasteiger partial charge in [-0.2, -0.15) is 0 Å². The maximum atomic E-state index is 12.6. The van der Waals surface area contributed by atoms with Gasteiger partial charge in [0.05, 0.1) is 0 Å². The number of piperidine rings is 1. The summed E-state index contributed by atoms with van der Waals surface area (Å²) in [6.07, 6.45) is 6.93. The van der Waals surface area contributed by atoms with Crippen LogP contribution in [0.25, 0.3) is 0 Å². The molecule has 0 radical (unpaired) electrons. The number of amides is 2. The number of likely N-dealkylation sites (tertiary alicyclic amines) is 1. The second-order valence-corrected chi connectivity index (χ2v) is 7.53. The molecule has 2 amide bonds. The quantitative estimate of drug-likeness (QED) is 0.823. The third-order valence-corrected chi connectivity index (χ3v) is 4.88. The number of fused-ring (bicyclic) bond motifs is 1. The highest BCUT2D eigenvalue weighted by molar-refractivity contribution is 5.83. The summed E-state index contributed by atoms with van der Waals surface area (Å²) >= 11 is 0. The van der Waals surface area contributed by atoms with Gasteiger partial charge in [0, 0.05) is 12.6 Å². The van der Waals surface area contributed by atoms with Crippen molar-refractivity contribution in [3.8, 4) is 0 Å². The zero-order valence-corrected chi connectivity index (χ0v) is 13.4. The van der Waals surface area contributed by atoms with E-state index in [9.17, 15) is 14.7 Å². The largest absolute Gasteiger partial charge is 0.480 e. The van der Waals surface area contributed by atoms with E-state index in [0.29, 0.717) is 12.0 Å². The van der Waals surface area contributed by atoms with Crippen molar-refractivity contribution in [2.45, 2.75) is 71.4 Å². The molecule has 1 heterocycles. The normalized spacial score (nSPS) is 27.7. The van der Waals surface area contributed by atoms with Crippen molar-refractivity contribution < 1.29 is 14.7 Å². The van der Waals surface area contributed by atoms with Crippen LogP contribution in [0, 0.1) is 11.3 Å². The third-order valence-electron chi connectivity index (χ3n) is 4.88. The molecule has 2 fully saturated rings. The molecule has 2 aliphatic rings. The van der Waals surface area contributed by atoms with E-state index in [1.807, 2.05) is 25.7 Å². The zero-order valence-electron chi connectivity index (χ0n) is 13.4. The van der Waals surface area contributed by atoms with Crippen LogP contribution in [0.1, 0.15) is 59.3 Å². The van der Waals surface area contributed by atoms with Crippen LogP contribution in [-0.2, 0) is 4.79 Å². The average Bonchev–Trinajstić information content (AvgIpc) is 2.42. The van der Waals surface area contributed by atoms with Gasteiger partial charge in [-0.15, -0.1) is 0 Å². The van der Waals surface area contributed by atoms with Gasteiger partial charge in [-0.05, 0) is 37.0 Å². The first-order chi connectivity index (χ1) is 9.80. The molecule has 2 unspecified atom stereocenters. The van der Waals surface area contributed by atoms with E-state index in [4.69, 9.17) is 0 Å². The number of aliphatic carboxylic acids is 1. The van der Waals surface area contributed by atoms with E-state index in [1.165, 1.54) is 25.7 Å². The summed E-state index contributed by atoms with van der Waals surface area (Å²) < 4.78 is 0. The molecule has 0 spiro atoms. The first kappa shape index (κ1) is 16.1. The van der Waals surface area contributed by atoms with Gasteiger partial charge in [-0.3, -0.25) is 0 Å². The summed E-state index contributed by atoms with van der Waals surface area (Å²) in [5, 5.41) is 12.1. The molecule has 1 saturated carbocycles. The van der Waals surface area contributed by atoms with Gasteiger partial charge < -0.3 is 15.3 Å². The van der Waals surface area contributed by atoms with Crippen LogP contribution >= 0.6 is 0 Å². The van der Waals surface area contributed by atoms with Gasteiger partial charge >= 0.3 is 12.0 Å². The molecule has 0 bridgehead atoms. The molecule has 0 aromatic heterocycles. The molecule has 2 rings (SSSR count). The Morgan fingerprint density at radius 3 is 2.38 bits per heavy atom. The van der Waals surface area contributed by atoms with E-state index in [2.05, 4.69) is 5.32 Å². The molecule has 0 aromatic carbocycles. The molecule has 1 aliphatic heterocycles. The first-order valence-corrected chi connectivity index (χ1v) is 8.10. The Bertz CT molecular complexity index is 401. The van der Waals surface area contributed by atoms with Gasteiger partial charge in [-0.1, -0.05) is 33.6 Å². The van der Waals surface area contributed by atoms with Crippen molar-refractivity contribution in [1.82, 2.24) is 10.2 Å². The Morgan fingerprint density at radius 1 is 1.14 bits per heavy atom. The molecule has 1 aliphatic carbocycles. The van der Waals surface area contributed by atoms with Crippen molar-refractivity contribution in [2.75, 3.05) is 6.54 Å². The molecule has 0 aromatic rings. The molecule has 3 atom stereocenters. The standard InChI is InChI=1S/C16H28N2O3/c1-16(2,3)13(14(19)20)17-15(21)18-10-6-8-11-7-4-5-9-12(11)18/h11-13H,4-10H2,1-3H3,(H,17,21)(H,19,20)/t11?,12?,13-/m0/s1. The van der Waals surface area contributed by atoms with Crippen molar-refractivity contribution in [1.29, 1.82) is 0 Å². The van der Waals surface area contributed by atoms with Crippen LogP contribution in [0.3, 0.4) is 0 Å². The van der Waals surface area contributed by atoms with Crippen LogP contribution in [0.4, 0.5) is 4.79 Å². The Hall–Kier alpha value is -1.26. The minimum absolute atomic E-state index is 0.200. The lowest BCUT2D eigenvalue weighted by Crippen LogP contribution is -2.58. The number of carbonyl (C=O) groups excluding carboxylic acids is 1. The maximum Gasteiger partial charge on any atom is 0.326 e. The molecule has 1 saturated heterocycles. The van der Waals surface area contributed by atoms with E-state index in [1.54, 1.807) is 0 Å². The number of urea groups is 1. The average molecular weight is 296 g/mol. The molecular weight excluding hydrogens is 268 g/mol. The Balaban J connectivity index is 2.06. The lowest BCUT2D eigenvalue weighted by atomic mass is 9.78. The van der Waals surface area contributed by atoms with Gasteiger partial charge in [0.2, 0.25) is 0 Å². The highest BCUT2D eigenvalue weighted by Crippen LogP contribution is 2.35. The van der Waals surface area contributed by atoms with Crippen molar-refractivity contribution in [3.05, 3.63) is 0 Å². The van der Waals surface area contributed by atoms with Crippen LogP contribution in [0.5, 0.6) is 0 Å². The third kappa shape index (κ3) is 3.69. The second kappa shape index (κ2) is 6.24. The van der Waals surface area contributed by atoms with E-state index in [-0.39, 0.29) is 6.03 Å². The van der Waals surface area contributed by atoms with Crippen LogP contribution in [0.15, 0.2) is 0 Å². The van der Waals surface area contributed by atoms with E-state index in [0.717, 1.165) is 19.4 Å². The summed E-state index contributed by atoms with van der Waals surface area (Å²) in [6.45, 7) is 6.27. The van der Waals surface area contributed by atoms with Crippen LogP contribution < -0.4 is 5.32 Å². The van der Waals surface area contributed by atoms with E-state index >= 15 is 0 Å². The number of nitrogens with one attached hydrogen (secondary N) is 1. The predicted molar refractivity (Wildman–Crippen MR) is 81.1 cm³/mol. The monoisotopic (exact) mass is 296 g/mol. The Labute approximate surface area is 127 Å². The SMILES string of the molecule is CC(C)(C)[C@@H](NC(=O)N1CCCC2CCCCC21)C(=O)O. The number of hydrogen-bond acceptors (Lipinski definition) is 2. The molecule has 5 heteroatoms. The first-order valence-electron chi connectivity index (χ1n) is 8.10. The fourth-order valence-electron chi connectivity index (χ4n) is 3.73. The van der Waals surface area contributed by atoms with Crippen molar-refractivity contribution in [3.63, 3.8) is 0 Å². The number of rotatable bonds is 2. The van der Waals surface area contributed by atoms with Gasteiger partial charge in [-0.25, -0.2) is 9.59 Å². The summed E-state index contributed by atoms with van der Waals surface area (Å²) in [6, 6.07) is -0.746. The number of nitrogens with zero attached hydrogens (tertiary/aromatic N) is 1. The Morgan fingerprint density at radius 2 is 1.76 bits per heavy atom. The number of carboxylic acids is 1. The maximum absolute atomic E-state index is 12.6. The molecule has 21 heavy (non-hydrogen) atoms. The lowest BCUT2D eigenvalue weighted by molar-refractivity contribution is -0.142. The summed E-state index contributed by atoms with van der Waals surface area (Å²) in [5.41, 5.74) is -0.497. The fraction of sp³-hybridized carbons (Fsp3) is 0.875. The molecule has 2 N–H and O–H groups in total. The highest BCUT2D eigenvalue weighted by Gasteiger charge is 2.39. The zero-order chi connectivity index (χ0) is 15.6. The molecule has 120 valence electrons. The number of carboxylic acid groups (broad SMARTS) is 1. The van der Waals surface area contributed by atoms with E-state index < -0.39 is 17.4 Å². The van der Waals surface area contributed by atoms with Gasteiger partial charge in [0.15, 0.2) is 0 Å². The lowest BCUT2D eigenvalue weighted by Gasteiger charge is -2.44. The number of carbonyl (C=O) groups is 2. The summed E-state index contributed by atoms with van der Waals surface area (Å²) in [7, 11) is 0. The van der Waals surface area contributed by atoms with Gasteiger partial charge in [0.1, 0.15) is 6.04 Å². The van der Waals surface area contributed by atoms with Crippen molar-refractivity contribution >= 4 is 12.0 Å². The topological polar surface area (TPSA) is 69.6 Å². The second-order valence-electron chi connectivity index (χ2n) is 7.53. The smallest absolute Gasteiger partial charge is 0.326 e. The minimum Gasteiger partial charge on any atom is -0.480 e. The van der Waals surface area contributed by atoms with Crippen LogP contribution in [-0.4, -0.2) is 40.6 Å². The fourth-order valence-corrected chi connectivity index (χ4v) is 3.73. The van der Waals surface area contributed by atoms with Crippen LogP contribution in [0.2, 0.25) is 0 Å².